The molecule has 1 fully saturated rings. The van der Waals surface area contributed by atoms with Gasteiger partial charge in [0.1, 0.15) is 0 Å². The molecule has 0 aliphatic heterocycles. The summed E-state index contributed by atoms with van der Waals surface area (Å²) in [6.45, 7) is 0. The number of carbonyl (C=O) groups is 1. The lowest BCUT2D eigenvalue weighted by Gasteiger charge is -2.16. The summed E-state index contributed by atoms with van der Waals surface area (Å²) in [5, 5.41) is 0. The molecule has 1 heterocycles. The largest absolute Gasteiger partial charge is 0.493 e. The van der Waals surface area contributed by atoms with Crippen LogP contribution in [0.25, 0.3) is 0 Å². The highest BCUT2D eigenvalue weighted by Gasteiger charge is 2.20. The number of rotatable bonds is 6. The summed E-state index contributed by atoms with van der Waals surface area (Å²) >= 11 is 0. The summed E-state index contributed by atoms with van der Waals surface area (Å²) in [6, 6.07) is 4.98. The Balaban J connectivity index is 1.82. The molecule has 2 aromatic rings. The second-order valence-corrected chi connectivity index (χ2v) is 6.09. The number of ketones is 1. The Bertz CT molecular complexity index is 878. The Morgan fingerprint density at radius 2 is 1.96 bits per heavy atom. The zero-order chi connectivity index (χ0) is 17.8. The molecule has 7 nitrogen and oxygen atoms in total. The Hall–Kier alpha value is -2.83. The molecule has 7 heteroatoms. The van der Waals surface area contributed by atoms with Gasteiger partial charge in [0.2, 0.25) is 0 Å². The molecule has 1 aromatic carbocycles. The third-order valence-electron chi connectivity index (χ3n) is 4.33. The third-order valence-corrected chi connectivity index (χ3v) is 4.33. The highest BCUT2D eigenvalue weighted by atomic mass is 16.5. The Labute approximate surface area is 144 Å². The predicted molar refractivity (Wildman–Crippen MR) is 91.6 cm³/mol. The van der Waals surface area contributed by atoms with Crippen molar-refractivity contribution in [3.8, 4) is 11.5 Å². The van der Waals surface area contributed by atoms with Crippen LogP contribution in [0.4, 0.5) is 0 Å². The van der Waals surface area contributed by atoms with Crippen molar-refractivity contribution in [2.75, 3.05) is 7.11 Å². The van der Waals surface area contributed by atoms with Gasteiger partial charge in [0, 0.05) is 23.7 Å². The van der Waals surface area contributed by atoms with E-state index in [1.165, 1.54) is 6.20 Å². The predicted octanol–water partition coefficient (Wildman–Crippen LogP) is 1.82. The van der Waals surface area contributed by atoms with E-state index >= 15 is 0 Å². The van der Waals surface area contributed by atoms with Crippen LogP contribution in [-0.4, -0.2) is 29.0 Å². The van der Waals surface area contributed by atoms with Crippen molar-refractivity contribution in [3.05, 3.63) is 56.4 Å². The van der Waals surface area contributed by atoms with Crippen molar-refractivity contribution in [2.45, 2.75) is 38.2 Å². The maximum atomic E-state index is 12.5. The lowest BCUT2D eigenvalue weighted by molar-refractivity contribution is 0.0991. The van der Waals surface area contributed by atoms with Gasteiger partial charge < -0.3 is 14.5 Å². The van der Waals surface area contributed by atoms with Crippen LogP contribution < -0.4 is 20.7 Å². The quantitative estimate of drug-likeness (QED) is 0.779. The van der Waals surface area contributed by atoms with E-state index in [9.17, 15) is 14.4 Å². The van der Waals surface area contributed by atoms with Crippen LogP contribution in [0.1, 0.15) is 41.6 Å². The number of aromatic nitrogens is 2. The van der Waals surface area contributed by atoms with Gasteiger partial charge in [-0.05, 0) is 43.9 Å². The van der Waals surface area contributed by atoms with Gasteiger partial charge >= 0.3 is 5.69 Å². The van der Waals surface area contributed by atoms with E-state index < -0.39 is 11.2 Å². The number of hydrogen-bond donors (Lipinski definition) is 2. The lowest BCUT2D eigenvalue weighted by Crippen LogP contribution is -2.26. The van der Waals surface area contributed by atoms with E-state index in [0.717, 1.165) is 25.7 Å². The second-order valence-electron chi connectivity index (χ2n) is 6.09. The molecule has 1 saturated carbocycles. The molecular weight excluding hydrogens is 324 g/mol. The minimum absolute atomic E-state index is 0.110. The van der Waals surface area contributed by atoms with E-state index in [4.69, 9.17) is 9.47 Å². The number of Topliss-reactive ketones (excluding diaryl/α,β-unsaturated/α-hetero) is 1. The maximum absolute atomic E-state index is 12.5. The number of ether oxygens (including phenoxy) is 2. The fourth-order valence-electron chi connectivity index (χ4n) is 2.97. The maximum Gasteiger partial charge on any atom is 0.325 e. The van der Waals surface area contributed by atoms with Crippen LogP contribution in [0.15, 0.2) is 34.0 Å². The van der Waals surface area contributed by atoms with Gasteiger partial charge in [-0.2, -0.15) is 0 Å². The molecule has 25 heavy (non-hydrogen) atoms. The fraction of sp³-hybridized carbons (Fsp3) is 0.389. The van der Waals surface area contributed by atoms with Crippen LogP contribution in [0.3, 0.4) is 0 Å². The minimum Gasteiger partial charge on any atom is -0.493 e. The lowest BCUT2D eigenvalue weighted by atomic mass is 10.0. The molecule has 0 radical (unpaired) electrons. The summed E-state index contributed by atoms with van der Waals surface area (Å²) < 4.78 is 11.3. The van der Waals surface area contributed by atoms with E-state index in [-0.39, 0.29) is 23.9 Å². The SMILES string of the molecule is COc1ccc(C(=O)Cc2c[nH]c(=O)[nH]c2=O)cc1OC1CCCC1. The van der Waals surface area contributed by atoms with Crippen molar-refractivity contribution in [1.82, 2.24) is 9.97 Å². The zero-order valence-electron chi connectivity index (χ0n) is 14.0. The summed E-state index contributed by atoms with van der Waals surface area (Å²) in [6.07, 6.45) is 5.56. The summed E-state index contributed by atoms with van der Waals surface area (Å²) in [4.78, 5) is 39.8. The number of carbonyl (C=O) groups excluding carboxylic acids is 1. The molecule has 2 N–H and O–H groups in total. The van der Waals surface area contributed by atoms with Crippen LogP contribution >= 0.6 is 0 Å². The first kappa shape index (κ1) is 17.0. The highest BCUT2D eigenvalue weighted by Crippen LogP contribution is 2.32. The molecule has 1 aliphatic carbocycles. The first-order chi connectivity index (χ1) is 12.1. The molecule has 1 aliphatic rings. The number of aromatic amines is 2. The van der Waals surface area contributed by atoms with Gasteiger partial charge in [0.15, 0.2) is 17.3 Å². The molecular formula is C18H20N2O5. The van der Waals surface area contributed by atoms with Crippen LogP contribution in [0.2, 0.25) is 0 Å². The van der Waals surface area contributed by atoms with Crippen molar-refractivity contribution in [2.24, 2.45) is 0 Å². The average Bonchev–Trinajstić information content (AvgIpc) is 3.10. The van der Waals surface area contributed by atoms with Gasteiger partial charge in [-0.25, -0.2) is 4.79 Å². The topological polar surface area (TPSA) is 101 Å². The zero-order valence-corrected chi connectivity index (χ0v) is 14.0. The molecule has 0 atom stereocenters. The number of methoxy groups -OCH3 is 1. The van der Waals surface area contributed by atoms with E-state index in [1.807, 2.05) is 0 Å². The Morgan fingerprint density at radius 3 is 2.64 bits per heavy atom. The number of hydrogen-bond acceptors (Lipinski definition) is 5. The summed E-state index contributed by atoms with van der Waals surface area (Å²) in [5.74, 6) is 0.873. The molecule has 3 rings (SSSR count). The Kier molecular flexibility index (Phi) is 5.02. The fourth-order valence-corrected chi connectivity index (χ4v) is 2.97. The van der Waals surface area contributed by atoms with Crippen LogP contribution in [0, 0.1) is 0 Å². The van der Waals surface area contributed by atoms with Crippen molar-refractivity contribution in [3.63, 3.8) is 0 Å². The average molecular weight is 344 g/mol. The monoisotopic (exact) mass is 344 g/mol. The minimum atomic E-state index is -0.599. The van der Waals surface area contributed by atoms with Crippen molar-refractivity contribution >= 4 is 5.78 Å². The molecule has 132 valence electrons. The van der Waals surface area contributed by atoms with E-state index in [0.29, 0.717) is 17.1 Å². The standard InChI is InChI=1S/C18H20N2O5/c1-24-15-7-6-11(9-16(15)25-13-4-2-3-5-13)14(21)8-12-10-19-18(23)20-17(12)22/h6-7,9-10,13H,2-5,8H2,1H3,(H2,19,20,22,23). The molecule has 0 bridgehead atoms. The van der Waals surface area contributed by atoms with Gasteiger partial charge in [-0.15, -0.1) is 0 Å². The normalized spacial score (nSPS) is 14.4. The number of H-pyrrole nitrogens is 2. The molecule has 0 unspecified atom stereocenters. The van der Waals surface area contributed by atoms with Gasteiger partial charge in [-0.3, -0.25) is 14.6 Å². The molecule has 0 amide bonds. The van der Waals surface area contributed by atoms with Gasteiger partial charge in [0.25, 0.3) is 5.56 Å². The Morgan fingerprint density at radius 1 is 1.20 bits per heavy atom. The first-order valence-corrected chi connectivity index (χ1v) is 8.25. The van der Waals surface area contributed by atoms with Gasteiger partial charge in [0.05, 0.1) is 13.2 Å². The molecule has 1 aromatic heterocycles. The summed E-state index contributed by atoms with van der Waals surface area (Å²) in [7, 11) is 1.55. The molecule has 0 spiro atoms. The number of benzene rings is 1. The van der Waals surface area contributed by atoms with Crippen LogP contribution in [0.5, 0.6) is 11.5 Å². The van der Waals surface area contributed by atoms with E-state index in [2.05, 4.69) is 9.97 Å². The smallest absolute Gasteiger partial charge is 0.325 e. The van der Waals surface area contributed by atoms with Crippen molar-refractivity contribution in [1.29, 1.82) is 0 Å². The number of nitrogens with one attached hydrogen (secondary N) is 2. The van der Waals surface area contributed by atoms with Gasteiger partial charge in [-0.1, -0.05) is 0 Å². The third kappa shape index (κ3) is 3.99. The second kappa shape index (κ2) is 7.38. The molecule has 0 saturated heterocycles. The highest BCUT2D eigenvalue weighted by molar-refractivity contribution is 5.98. The van der Waals surface area contributed by atoms with Crippen LogP contribution in [-0.2, 0) is 6.42 Å². The van der Waals surface area contributed by atoms with Crippen molar-refractivity contribution < 1.29 is 14.3 Å². The first-order valence-electron chi connectivity index (χ1n) is 8.25. The summed E-state index contributed by atoms with van der Waals surface area (Å²) in [5.41, 5.74) is -0.524. The van der Waals surface area contributed by atoms with E-state index in [1.54, 1.807) is 25.3 Å².